The highest BCUT2D eigenvalue weighted by Crippen LogP contribution is 2.21. The van der Waals surface area contributed by atoms with Crippen molar-refractivity contribution in [3.8, 4) is 0 Å². The summed E-state index contributed by atoms with van der Waals surface area (Å²) in [6, 6.07) is 8.38. The van der Waals surface area contributed by atoms with Gasteiger partial charge in [-0.25, -0.2) is 4.99 Å². The number of benzene rings is 1. The van der Waals surface area contributed by atoms with Crippen LogP contribution in [0.4, 0.5) is 5.69 Å². The number of rotatable bonds is 0. The van der Waals surface area contributed by atoms with E-state index in [9.17, 15) is 0 Å². The summed E-state index contributed by atoms with van der Waals surface area (Å²) in [6.45, 7) is 2.94. The zero-order valence-electron chi connectivity index (χ0n) is 9.32. The van der Waals surface area contributed by atoms with Crippen LogP contribution in [0.2, 0.25) is 0 Å². The molecule has 3 heteroatoms. The van der Waals surface area contributed by atoms with Crippen molar-refractivity contribution in [3.63, 3.8) is 0 Å². The quantitative estimate of drug-likeness (QED) is 0.717. The van der Waals surface area contributed by atoms with Gasteiger partial charge in [0.25, 0.3) is 0 Å². The first-order valence-corrected chi connectivity index (χ1v) is 5.89. The number of piperidine rings is 1. The molecule has 3 nitrogen and oxygen atoms in total. The van der Waals surface area contributed by atoms with Crippen molar-refractivity contribution in [2.75, 3.05) is 18.4 Å². The van der Waals surface area contributed by atoms with E-state index in [2.05, 4.69) is 45.9 Å². The molecule has 3 rings (SSSR count). The molecule has 1 aromatic carbocycles. The van der Waals surface area contributed by atoms with Crippen molar-refractivity contribution in [2.24, 2.45) is 4.99 Å². The third-order valence-electron chi connectivity index (χ3n) is 3.15. The summed E-state index contributed by atoms with van der Waals surface area (Å²) >= 11 is 0. The first-order chi connectivity index (χ1) is 7.93. The molecule has 1 fully saturated rings. The maximum atomic E-state index is 4.61. The van der Waals surface area contributed by atoms with Gasteiger partial charge in [-0.3, -0.25) is 0 Å². The molecule has 0 aliphatic carbocycles. The molecule has 16 heavy (non-hydrogen) atoms. The zero-order valence-corrected chi connectivity index (χ0v) is 9.32. The lowest BCUT2D eigenvalue weighted by molar-refractivity contribution is 0.390. The smallest absolute Gasteiger partial charge is 0.198 e. The average Bonchev–Trinajstić information content (AvgIpc) is 2.39. The Kier molecular flexibility index (Phi) is 2.52. The molecule has 0 unspecified atom stereocenters. The van der Waals surface area contributed by atoms with Gasteiger partial charge in [0.15, 0.2) is 5.96 Å². The molecular weight excluding hydrogens is 198 g/mol. The van der Waals surface area contributed by atoms with Crippen LogP contribution in [-0.4, -0.2) is 23.9 Å². The first kappa shape index (κ1) is 9.70. The van der Waals surface area contributed by atoms with Gasteiger partial charge in [0.2, 0.25) is 0 Å². The lowest BCUT2D eigenvalue weighted by Gasteiger charge is -2.32. The van der Waals surface area contributed by atoms with Crippen molar-refractivity contribution in [1.82, 2.24) is 4.90 Å². The van der Waals surface area contributed by atoms with Crippen molar-refractivity contribution >= 4 is 11.6 Å². The van der Waals surface area contributed by atoms with Crippen LogP contribution in [0.15, 0.2) is 29.3 Å². The molecule has 1 aromatic rings. The van der Waals surface area contributed by atoms with Crippen molar-refractivity contribution < 1.29 is 0 Å². The molecule has 2 aliphatic heterocycles. The van der Waals surface area contributed by atoms with Crippen molar-refractivity contribution in [3.05, 3.63) is 36.2 Å². The lowest BCUT2D eigenvalue weighted by Crippen LogP contribution is -2.41. The molecule has 2 heterocycles. The fraction of sp³-hybridized carbons (Fsp3) is 0.385. The number of nitrogens with zero attached hydrogens (tertiary/aromatic N) is 2. The molecule has 0 aromatic heterocycles. The summed E-state index contributed by atoms with van der Waals surface area (Å²) in [4.78, 5) is 6.92. The number of para-hydroxylation sites is 1. The highest BCUT2D eigenvalue weighted by atomic mass is 15.3. The van der Waals surface area contributed by atoms with Crippen LogP contribution in [0.1, 0.15) is 18.4 Å². The normalized spacial score (nSPS) is 19.8. The summed E-state index contributed by atoms with van der Waals surface area (Å²) < 4.78 is 0. The number of hydrogen-bond acceptors (Lipinski definition) is 3. The largest absolute Gasteiger partial charge is 0.342 e. The van der Waals surface area contributed by atoms with E-state index in [4.69, 9.17) is 0 Å². The standard InChI is InChI=1S/C13H16N3/c1-4-8-16(9-5-1)13-14-10-11-6-2-3-7-12(11)15-13/h2-4,6-7H,1,5,8-10H2,(H,14,15). The molecule has 0 atom stereocenters. The van der Waals surface area contributed by atoms with Crippen LogP contribution in [0.25, 0.3) is 0 Å². The summed E-state index contributed by atoms with van der Waals surface area (Å²) in [7, 11) is 0. The second-order valence-electron chi connectivity index (χ2n) is 4.30. The van der Waals surface area contributed by atoms with E-state index in [1.807, 2.05) is 0 Å². The Morgan fingerprint density at radius 3 is 3.06 bits per heavy atom. The van der Waals surface area contributed by atoms with Gasteiger partial charge in [0.1, 0.15) is 0 Å². The maximum Gasteiger partial charge on any atom is 0.198 e. The van der Waals surface area contributed by atoms with Gasteiger partial charge in [-0.2, -0.15) is 0 Å². The average molecular weight is 214 g/mol. The minimum Gasteiger partial charge on any atom is -0.342 e. The van der Waals surface area contributed by atoms with Gasteiger partial charge in [0, 0.05) is 18.8 Å². The number of aliphatic imine (C=N–C) groups is 1. The predicted molar refractivity (Wildman–Crippen MR) is 66.3 cm³/mol. The van der Waals surface area contributed by atoms with Crippen LogP contribution >= 0.6 is 0 Å². The first-order valence-electron chi connectivity index (χ1n) is 5.89. The van der Waals surface area contributed by atoms with E-state index in [1.54, 1.807) is 0 Å². The molecule has 0 spiro atoms. The van der Waals surface area contributed by atoms with E-state index < -0.39 is 0 Å². The number of nitrogens with one attached hydrogen (secondary N) is 1. The minimum absolute atomic E-state index is 0.801. The summed E-state index contributed by atoms with van der Waals surface area (Å²) in [5, 5.41) is 3.42. The van der Waals surface area contributed by atoms with Crippen LogP contribution < -0.4 is 5.32 Å². The monoisotopic (exact) mass is 214 g/mol. The molecule has 0 bridgehead atoms. The Bertz CT molecular complexity index is 405. The Balaban J connectivity index is 1.77. The lowest BCUT2D eigenvalue weighted by atomic mass is 10.1. The molecule has 1 radical (unpaired) electrons. The summed E-state index contributed by atoms with van der Waals surface area (Å²) in [5.41, 5.74) is 2.49. The van der Waals surface area contributed by atoms with Gasteiger partial charge in [-0.15, -0.1) is 0 Å². The Labute approximate surface area is 96.2 Å². The zero-order chi connectivity index (χ0) is 10.8. The van der Waals surface area contributed by atoms with E-state index in [0.717, 1.165) is 25.6 Å². The van der Waals surface area contributed by atoms with Crippen molar-refractivity contribution in [1.29, 1.82) is 0 Å². The third-order valence-corrected chi connectivity index (χ3v) is 3.15. The van der Waals surface area contributed by atoms with Gasteiger partial charge in [0.05, 0.1) is 6.54 Å². The van der Waals surface area contributed by atoms with Gasteiger partial charge in [-0.1, -0.05) is 18.2 Å². The number of guanidine groups is 1. The van der Waals surface area contributed by atoms with Gasteiger partial charge < -0.3 is 10.2 Å². The molecule has 0 amide bonds. The molecule has 83 valence electrons. The number of fused-ring (bicyclic) bond motifs is 1. The van der Waals surface area contributed by atoms with Crippen molar-refractivity contribution in [2.45, 2.75) is 19.4 Å². The number of hydrogen-bond donors (Lipinski definition) is 1. The van der Waals surface area contributed by atoms with Crippen LogP contribution in [0.3, 0.4) is 0 Å². The SMILES string of the molecule is [CH]1CCCN(C2=NCc3ccccc3N2)C1. The fourth-order valence-electron chi connectivity index (χ4n) is 2.24. The molecule has 1 N–H and O–H groups in total. The number of anilines is 1. The van der Waals surface area contributed by atoms with E-state index in [0.29, 0.717) is 0 Å². The molecular formula is C13H16N3. The predicted octanol–water partition coefficient (Wildman–Crippen LogP) is 2.27. The topological polar surface area (TPSA) is 27.6 Å². The Morgan fingerprint density at radius 2 is 2.19 bits per heavy atom. The Hall–Kier alpha value is -1.51. The summed E-state index contributed by atoms with van der Waals surface area (Å²) in [6.07, 6.45) is 4.80. The highest BCUT2D eigenvalue weighted by molar-refractivity contribution is 5.95. The molecule has 1 saturated heterocycles. The maximum absolute atomic E-state index is 4.61. The minimum atomic E-state index is 0.801. The fourth-order valence-corrected chi connectivity index (χ4v) is 2.24. The molecule has 0 saturated carbocycles. The molecule has 2 aliphatic rings. The van der Waals surface area contributed by atoms with E-state index in [-0.39, 0.29) is 0 Å². The summed E-state index contributed by atoms with van der Waals surface area (Å²) in [5.74, 6) is 1.04. The van der Waals surface area contributed by atoms with E-state index in [1.165, 1.54) is 24.1 Å². The van der Waals surface area contributed by atoms with Gasteiger partial charge >= 0.3 is 0 Å². The second kappa shape index (κ2) is 4.16. The third kappa shape index (κ3) is 1.77. The van der Waals surface area contributed by atoms with Crippen LogP contribution in [0.5, 0.6) is 0 Å². The number of likely N-dealkylation sites (tertiary alicyclic amines) is 1. The second-order valence-corrected chi connectivity index (χ2v) is 4.30. The Morgan fingerprint density at radius 1 is 1.25 bits per heavy atom. The van der Waals surface area contributed by atoms with E-state index >= 15 is 0 Å². The highest BCUT2D eigenvalue weighted by Gasteiger charge is 2.18. The van der Waals surface area contributed by atoms with Crippen LogP contribution in [-0.2, 0) is 6.54 Å². The van der Waals surface area contributed by atoms with Crippen LogP contribution in [0, 0.1) is 6.42 Å². The van der Waals surface area contributed by atoms with Gasteiger partial charge in [-0.05, 0) is 30.9 Å².